The maximum atomic E-state index is 12.9. The Kier molecular flexibility index (Phi) is 7.20. The van der Waals surface area contributed by atoms with Crippen LogP contribution in [0.15, 0.2) is 24.3 Å². The summed E-state index contributed by atoms with van der Waals surface area (Å²) >= 11 is 0. The number of amides is 1. The molecule has 1 saturated heterocycles. The summed E-state index contributed by atoms with van der Waals surface area (Å²) in [5, 5.41) is 6.34. The van der Waals surface area contributed by atoms with E-state index in [9.17, 15) is 18.0 Å². The molecule has 2 unspecified atom stereocenters. The summed E-state index contributed by atoms with van der Waals surface area (Å²) in [5.41, 5.74) is -0.268. The van der Waals surface area contributed by atoms with E-state index in [1.54, 1.807) is 6.07 Å². The minimum absolute atomic E-state index is 0. The van der Waals surface area contributed by atoms with Gasteiger partial charge >= 0.3 is 6.18 Å². The van der Waals surface area contributed by atoms with E-state index in [2.05, 4.69) is 17.6 Å². The predicted octanol–water partition coefficient (Wildman–Crippen LogP) is 4.30. The summed E-state index contributed by atoms with van der Waals surface area (Å²) in [6.07, 6.45) is 0.0715. The Bertz CT molecular complexity index is 640. The highest BCUT2D eigenvalue weighted by Crippen LogP contribution is 2.48. The first-order chi connectivity index (χ1) is 12.3. The minimum Gasteiger partial charge on any atom is -0.355 e. The van der Waals surface area contributed by atoms with Gasteiger partial charge in [-0.1, -0.05) is 25.1 Å². The highest BCUT2D eigenvalue weighted by Gasteiger charge is 2.45. The van der Waals surface area contributed by atoms with Gasteiger partial charge in [0.05, 0.1) is 5.56 Å². The maximum Gasteiger partial charge on any atom is 0.416 e. The second-order valence-corrected chi connectivity index (χ2v) is 7.92. The van der Waals surface area contributed by atoms with E-state index < -0.39 is 11.7 Å². The molecule has 3 rings (SSSR count). The zero-order valence-electron chi connectivity index (χ0n) is 15.6. The van der Waals surface area contributed by atoms with Gasteiger partial charge in [-0.25, -0.2) is 0 Å². The number of hydrogen-bond donors (Lipinski definition) is 2. The summed E-state index contributed by atoms with van der Waals surface area (Å²) in [4.78, 5) is 12.3. The lowest BCUT2D eigenvalue weighted by molar-refractivity contribution is -0.137. The van der Waals surface area contributed by atoms with Gasteiger partial charge in [-0.05, 0) is 62.2 Å². The summed E-state index contributed by atoms with van der Waals surface area (Å²) in [6.45, 7) is 4.54. The van der Waals surface area contributed by atoms with Crippen molar-refractivity contribution in [1.82, 2.24) is 10.6 Å². The number of nitrogens with one attached hydrogen (secondary N) is 2. The molecule has 1 aromatic rings. The average molecular weight is 405 g/mol. The van der Waals surface area contributed by atoms with Gasteiger partial charge in [-0.3, -0.25) is 4.79 Å². The molecule has 1 aliphatic carbocycles. The third-order valence-corrected chi connectivity index (χ3v) is 5.93. The van der Waals surface area contributed by atoms with Gasteiger partial charge in [-0.2, -0.15) is 13.2 Å². The third kappa shape index (κ3) is 5.61. The number of hydrogen-bond acceptors (Lipinski definition) is 2. The van der Waals surface area contributed by atoms with Crippen LogP contribution in [0.4, 0.5) is 13.2 Å². The lowest BCUT2D eigenvalue weighted by Crippen LogP contribution is -2.37. The summed E-state index contributed by atoms with van der Waals surface area (Å²) < 4.78 is 38.8. The predicted molar refractivity (Wildman–Crippen MR) is 102 cm³/mol. The van der Waals surface area contributed by atoms with Gasteiger partial charge in [0.25, 0.3) is 0 Å². The Hall–Kier alpha value is -1.27. The highest BCUT2D eigenvalue weighted by molar-refractivity contribution is 5.85. The number of alkyl halides is 3. The van der Waals surface area contributed by atoms with Crippen LogP contribution in [0.3, 0.4) is 0 Å². The number of benzene rings is 1. The van der Waals surface area contributed by atoms with Crippen LogP contribution in [0, 0.1) is 11.8 Å². The van der Waals surface area contributed by atoms with Crippen LogP contribution in [0.1, 0.15) is 50.2 Å². The van der Waals surface area contributed by atoms with Crippen LogP contribution >= 0.6 is 12.4 Å². The SMILES string of the molecule is CC(CC(=O)NCC1(c2cccc(C(F)(F)F)c2)CC1)C1CCCNC1.Cl. The number of rotatable bonds is 6. The number of piperidine rings is 1. The van der Waals surface area contributed by atoms with Gasteiger partial charge in [0.15, 0.2) is 0 Å². The van der Waals surface area contributed by atoms with Crippen molar-refractivity contribution < 1.29 is 18.0 Å². The number of halogens is 4. The van der Waals surface area contributed by atoms with Crippen LogP contribution < -0.4 is 10.6 Å². The second kappa shape index (κ2) is 8.82. The van der Waals surface area contributed by atoms with Gasteiger partial charge in [0.2, 0.25) is 5.91 Å². The second-order valence-electron chi connectivity index (χ2n) is 7.92. The van der Waals surface area contributed by atoms with Gasteiger partial charge in [0.1, 0.15) is 0 Å². The molecule has 7 heteroatoms. The molecule has 1 aliphatic heterocycles. The summed E-state index contributed by atoms with van der Waals surface area (Å²) in [5.74, 6) is 0.834. The van der Waals surface area contributed by atoms with E-state index in [4.69, 9.17) is 0 Å². The van der Waals surface area contributed by atoms with Gasteiger partial charge in [0, 0.05) is 18.4 Å². The van der Waals surface area contributed by atoms with Crippen molar-refractivity contribution in [3.8, 4) is 0 Å². The number of carbonyl (C=O) groups excluding carboxylic acids is 1. The largest absolute Gasteiger partial charge is 0.416 e. The quantitative estimate of drug-likeness (QED) is 0.742. The molecule has 3 nitrogen and oxygen atoms in total. The maximum absolute atomic E-state index is 12.9. The Labute approximate surface area is 164 Å². The van der Waals surface area contributed by atoms with Crippen LogP contribution in [0.5, 0.6) is 0 Å². The molecular weight excluding hydrogens is 377 g/mol. The first kappa shape index (κ1) is 22.0. The third-order valence-electron chi connectivity index (χ3n) is 5.93. The van der Waals surface area contributed by atoms with E-state index in [1.165, 1.54) is 12.1 Å². The molecule has 0 spiro atoms. The van der Waals surface area contributed by atoms with Crippen LogP contribution in [0.25, 0.3) is 0 Å². The Balaban J connectivity index is 0.00000261. The molecule has 0 bridgehead atoms. The highest BCUT2D eigenvalue weighted by atomic mass is 35.5. The van der Waals surface area contributed by atoms with Crippen molar-refractivity contribution in [2.24, 2.45) is 11.8 Å². The normalized spacial score (nSPS) is 22.4. The molecule has 0 radical (unpaired) electrons. The first-order valence-corrected chi connectivity index (χ1v) is 9.45. The lowest BCUT2D eigenvalue weighted by Gasteiger charge is -2.28. The number of carbonyl (C=O) groups is 1. The zero-order valence-corrected chi connectivity index (χ0v) is 16.4. The van der Waals surface area contributed by atoms with Gasteiger partial charge in [-0.15, -0.1) is 12.4 Å². The molecular formula is C20H28ClF3N2O. The minimum atomic E-state index is -4.33. The topological polar surface area (TPSA) is 41.1 Å². The van der Waals surface area contributed by atoms with Crippen LogP contribution in [-0.4, -0.2) is 25.5 Å². The van der Waals surface area contributed by atoms with E-state index in [-0.39, 0.29) is 23.7 Å². The monoisotopic (exact) mass is 404 g/mol. The van der Waals surface area contributed by atoms with Crippen LogP contribution in [-0.2, 0) is 16.4 Å². The van der Waals surface area contributed by atoms with Crippen molar-refractivity contribution in [3.05, 3.63) is 35.4 Å². The first-order valence-electron chi connectivity index (χ1n) is 9.45. The molecule has 2 N–H and O–H groups in total. The molecule has 1 heterocycles. The smallest absolute Gasteiger partial charge is 0.355 e. The zero-order chi connectivity index (χ0) is 18.8. The van der Waals surface area contributed by atoms with E-state index in [1.807, 2.05) is 0 Å². The van der Waals surface area contributed by atoms with Crippen LogP contribution in [0.2, 0.25) is 0 Å². The summed E-state index contributed by atoms with van der Waals surface area (Å²) in [6, 6.07) is 5.52. The molecule has 2 atom stereocenters. The fourth-order valence-electron chi connectivity index (χ4n) is 3.91. The van der Waals surface area contributed by atoms with Crippen molar-refractivity contribution in [1.29, 1.82) is 0 Å². The summed E-state index contributed by atoms with van der Waals surface area (Å²) in [7, 11) is 0. The average Bonchev–Trinajstić information content (AvgIpc) is 3.41. The van der Waals surface area contributed by atoms with Crippen molar-refractivity contribution in [2.75, 3.05) is 19.6 Å². The molecule has 1 amide bonds. The van der Waals surface area contributed by atoms with E-state index in [0.29, 0.717) is 30.4 Å². The fourth-order valence-corrected chi connectivity index (χ4v) is 3.91. The molecule has 1 aromatic carbocycles. The molecule has 1 saturated carbocycles. The van der Waals surface area contributed by atoms with Crippen molar-refractivity contribution in [2.45, 2.75) is 50.6 Å². The van der Waals surface area contributed by atoms with Crippen molar-refractivity contribution >= 4 is 18.3 Å². The molecule has 2 aliphatic rings. The Morgan fingerprint density at radius 1 is 1.37 bits per heavy atom. The molecule has 2 fully saturated rings. The molecule has 0 aromatic heterocycles. The standard InChI is InChI=1S/C20H27F3N2O.ClH/c1-14(15-4-3-9-24-12-15)10-18(26)25-13-19(7-8-19)16-5-2-6-17(11-16)20(21,22)23;/h2,5-6,11,14-15,24H,3-4,7-10,12-13H2,1H3,(H,25,26);1H. The van der Waals surface area contributed by atoms with E-state index in [0.717, 1.165) is 44.8 Å². The molecule has 27 heavy (non-hydrogen) atoms. The van der Waals surface area contributed by atoms with E-state index >= 15 is 0 Å². The lowest BCUT2D eigenvalue weighted by atomic mass is 9.85. The Morgan fingerprint density at radius 2 is 2.11 bits per heavy atom. The van der Waals surface area contributed by atoms with Gasteiger partial charge < -0.3 is 10.6 Å². The van der Waals surface area contributed by atoms with Crippen molar-refractivity contribution in [3.63, 3.8) is 0 Å². The fraction of sp³-hybridized carbons (Fsp3) is 0.650. The molecule has 152 valence electrons. The Morgan fingerprint density at radius 3 is 2.70 bits per heavy atom.